The number of aliphatic hydroxyl groups is 1. The van der Waals surface area contributed by atoms with Gasteiger partial charge in [-0.1, -0.05) is 0 Å². The summed E-state index contributed by atoms with van der Waals surface area (Å²) in [5.41, 5.74) is -0.647. The molecule has 1 fully saturated rings. The van der Waals surface area contributed by atoms with Crippen LogP contribution in [0.2, 0.25) is 0 Å². The first-order chi connectivity index (χ1) is 6.66. The van der Waals surface area contributed by atoms with E-state index in [1.165, 1.54) is 0 Å². The number of thiophene rings is 1. The summed E-state index contributed by atoms with van der Waals surface area (Å²) < 4.78 is 1.09. The molecule has 1 aromatic heterocycles. The van der Waals surface area contributed by atoms with Gasteiger partial charge in [-0.25, -0.2) is 0 Å². The lowest BCUT2D eigenvalue weighted by atomic mass is 9.96. The van der Waals surface area contributed by atoms with E-state index in [2.05, 4.69) is 21.2 Å². The molecular formula is C10H14BrNOS. The molecule has 1 saturated carbocycles. The van der Waals surface area contributed by atoms with Gasteiger partial charge in [0.15, 0.2) is 0 Å². The standard InChI is InChI=1S/C10H14BrNOS/c1-12-6-10(13,7-2-3-7)8-4-5-9(11)14-8/h4-5,7,12-13H,2-3,6H2,1H3. The molecule has 1 aliphatic carbocycles. The third kappa shape index (κ3) is 1.89. The average molecular weight is 276 g/mol. The van der Waals surface area contributed by atoms with Crippen LogP contribution in [0.3, 0.4) is 0 Å². The molecule has 1 atom stereocenters. The molecule has 0 amide bonds. The van der Waals surface area contributed by atoms with Crippen LogP contribution in [-0.4, -0.2) is 18.7 Å². The van der Waals surface area contributed by atoms with Crippen molar-refractivity contribution in [2.24, 2.45) is 5.92 Å². The smallest absolute Gasteiger partial charge is 0.114 e. The Bertz CT molecular complexity index is 324. The van der Waals surface area contributed by atoms with E-state index in [0.29, 0.717) is 12.5 Å². The third-order valence-corrected chi connectivity index (χ3v) is 4.49. The van der Waals surface area contributed by atoms with E-state index >= 15 is 0 Å². The lowest BCUT2D eigenvalue weighted by Gasteiger charge is -2.26. The predicted octanol–water partition coefficient (Wildman–Crippen LogP) is 2.33. The predicted molar refractivity (Wildman–Crippen MR) is 62.6 cm³/mol. The monoisotopic (exact) mass is 275 g/mol. The summed E-state index contributed by atoms with van der Waals surface area (Å²) in [5.74, 6) is 0.445. The normalized spacial score (nSPS) is 20.8. The fourth-order valence-corrected chi connectivity index (χ4v) is 3.36. The molecule has 0 bridgehead atoms. The number of rotatable bonds is 4. The van der Waals surface area contributed by atoms with Gasteiger partial charge < -0.3 is 10.4 Å². The summed E-state index contributed by atoms with van der Waals surface area (Å²) in [6.07, 6.45) is 2.29. The van der Waals surface area contributed by atoms with Crippen molar-refractivity contribution in [3.63, 3.8) is 0 Å². The minimum atomic E-state index is -0.647. The molecule has 4 heteroatoms. The SMILES string of the molecule is CNCC(O)(c1ccc(Br)s1)C1CC1. The van der Waals surface area contributed by atoms with Gasteiger partial charge in [0.05, 0.1) is 3.79 Å². The van der Waals surface area contributed by atoms with Gasteiger partial charge in [-0.15, -0.1) is 11.3 Å². The minimum Gasteiger partial charge on any atom is -0.383 e. The lowest BCUT2D eigenvalue weighted by Crippen LogP contribution is -2.37. The maximum atomic E-state index is 10.6. The molecule has 1 unspecified atom stereocenters. The Labute approximate surface area is 96.5 Å². The Hall–Kier alpha value is 0.1000. The molecule has 2 nitrogen and oxygen atoms in total. The summed E-state index contributed by atoms with van der Waals surface area (Å²) in [6.45, 7) is 0.643. The van der Waals surface area contributed by atoms with Crippen LogP contribution < -0.4 is 5.32 Å². The van der Waals surface area contributed by atoms with Crippen LogP contribution in [0.25, 0.3) is 0 Å². The zero-order valence-corrected chi connectivity index (χ0v) is 10.5. The van der Waals surface area contributed by atoms with Crippen LogP contribution in [-0.2, 0) is 5.60 Å². The van der Waals surface area contributed by atoms with Crippen molar-refractivity contribution >= 4 is 27.3 Å². The van der Waals surface area contributed by atoms with E-state index in [0.717, 1.165) is 21.5 Å². The summed E-state index contributed by atoms with van der Waals surface area (Å²) in [6, 6.07) is 4.02. The highest BCUT2D eigenvalue weighted by atomic mass is 79.9. The summed E-state index contributed by atoms with van der Waals surface area (Å²) in [7, 11) is 1.88. The molecule has 0 saturated heterocycles. The first-order valence-corrected chi connectivity index (χ1v) is 6.40. The van der Waals surface area contributed by atoms with E-state index in [4.69, 9.17) is 0 Å². The molecular weight excluding hydrogens is 262 g/mol. The Kier molecular flexibility index (Phi) is 2.98. The van der Waals surface area contributed by atoms with Gasteiger partial charge in [0.2, 0.25) is 0 Å². The highest BCUT2D eigenvalue weighted by Crippen LogP contribution is 2.47. The second kappa shape index (κ2) is 3.93. The summed E-state index contributed by atoms with van der Waals surface area (Å²) >= 11 is 5.06. The molecule has 0 aliphatic heterocycles. The van der Waals surface area contributed by atoms with Crippen molar-refractivity contribution < 1.29 is 5.11 Å². The van der Waals surface area contributed by atoms with Crippen molar-refractivity contribution in [1.82, 2.24) is 5.32 Å². The second-order valence-electron chi connectivity index (χ2n) is 3.83. The molecule has 1 aromatic rings. The molecule has 1 heterocycles. The van der Waals surface area contributed by atoms with E-state index < -0.39 is 5.60 Å². The van der Waals surface area contributed by atoms with Gasteiger partial charge in [0.25, 0.3) is 0 Å². The van der Waals surface area contributed by atoms with Crippen molar-refractivity contribution in [1.29, 1.82) is 0 Å². The topological polar surface area (TPSA) is 32.3 Å². The lowest BCUT2D eigenvalue weighted by molar-refractivity contribution is 0.0189. The maximum Gasteiger partial charge on any atom is 0.114 e. The minimum absolute atomic E-state index is 0.445. The van der Waals surface area contributed by atoms with Crippen LogP contribution in [0.5, 0.6) is 0 Å². The van der Waals surface area contributed by atoms with Crippen molar-refractivity contribution in [3.8, 4) is 0 Å². The number of hydrogen-bond acceptors (Lipinski definition) is 3. The Morgan fingerprint density at radius 2 is 2.36 bits per heavy atom. The second-order valence-corrected chi connectivity index (χ2v) is 6.30. The number of halogens is 1. The van der Waals surface area contributed by atoms with Gasteiger partial charge in [0.1, 0.15) is 5.60 Å². The summed E-state index contributed by atoms with van der Waals surface area (Å²) in [5, 5.41) is 13.6. The maximum absolute atomic E-state index is 10.6. The Morgan fingerprint density at radius 3 is 2.79 bits per heavy atom. The molecule has 0 radical (unpaired) electrons. The van der Waals surface area contributed by atoms with Crippen LogP contribution in [0.15, 0.2) is 15.9 Å². The van der Waals surface area contributed by atoms with E-state index in [9.17, 15) is 5.11 Å². The fourth-order valence-electron chi connectivity index (χ4n) is 1.81. The van der Waals surface area contributed by atoms with Gasteiger partial charge in [0, 0.05) is 11.4 Å². The van der Waals surface area contributed by atoms with Crippen molar-refractivity contribution in [2.45, 2.75) is 18.4 Å². The average Bonchev–Trinajstić information content (AvgIpc) is 2.90. The summed E-state index contributed by atoms with van der Waals surface area (Å²) in [4.78, 5) is 1.07. The Morgan fingerprint density at radius 1 is 1.64 bits per heavy atom. The largest absolute Gasteiger partial charge is 0.383 e. The molecule has 0 aromatic carbocycles. The molecule has 2 rings (SSSR count). The van der Waals surface area contributed by atoms with Gasteiger partial charge >= 0.3 is 0 Å². The number of nitrogens with one attached hydrogen (secondary N) is 1. The molecule has 0 spiro atoms. The van der Waals surface area contributed by atoms with E-state index in [-0.39, 0.29) is 0 Å². The first-order valence-electron chi connectivity index (χ1n) is 4.79. The quantitative estimate of drug-likeness (QED) is 0.884. The molecule has 2 N–H and O–H groups in total. The first kappa shape index (κ1) is 10.6. The van der Waals surface area contributed by atoms with E-state index in [1.807, 2.05) is 19.2 Å². The fraction of sp³-hybridized carbons (Fsp3) is 0.600. The van der Waals surface area contributed by atoms with E-state index in [1.54, 1.807) is 11.3 Å². The van der Waals surface area contributed by atoms with Crippen molar-refractivity contribution in [3.05, 3.63) is 20.8 Å². The van der Waals surface area contributed by atoms with Crippen LogP contribution >= 0.6 is 27.3 Å². The zero-order valence-electron chi connectivity index (χ0n) is 8.09. The van der Waals surface area contributed by atoms with Gasteiger partial charge in [-0.2, -0.15) is 0 Å². The molecule has 14 heavy (non-hydrogen) atoms. The van der Waals surface area contributed by atoms with Crippen LogP contribution in [0, 0.1) is 5.92 Å². The third-order valence-electron chi connectivity index (χ3n) is 2.70. The van der Waals surface area contributed by atoms with Crippen LogP contribution in [0.1, 0.15) is 17.7 Å². The highest BCUT2D eigenvalue weighted by molar-refractivity contribution is 9.11. The van der Waals surface area contributed by atoms with Gasteiger partial charge in [-0.05, 0) is 53.9 Å². The van der Waals surface area contributed by atoms with Gasteiger partial charge in [-0.3, -0.25) is 0 Å². The number of likely N-dealkylation sites (N-methyl/N-ethyl adjacent to an activating group) is 1. The zero-order chi connectivity index (χ0) is 10.2. The highest BCUT2D eigenvalue weighted by Gasteiger charge is 2.45. The number of hydrogen-bond donors (Lipinski definition) is 2. The Balaban J connectivity index is 2.25. The molecule has 78 valence electrons. The van der Waals surface area contributed by atoms with Crippen molar-refractivity contribution in [2.75, 3.05) is 13.6 Å². The van der Waals surface area contributed by atoms with Crippen LogP contribution in [0.4, 0.5) is 0 Å². The molecule has 1 aliphatic rings.